The molecule has 0 fully saturated rings. The van der Waals surface area contributed by atoms with Crippen LogP contribution < -0.4 is 10.6 Å². The number of amides is 1. The van der Waals surface area contributed by atoms with E-state index in [4.69, 9.17) is 11.6 Å². The molecule has 2 rings (SSSR count). The molecule has 1 amide bonds. The van der Waals surface area contributed by atoms with Gasteiger partial charge in [-0.1, -0.05) is 23.7 Å². The van der Waals surface area contributed by atoms with Crippen molar-refractivity contribution in [1.82, 2.24) is 20.2 Å². The van der Waals surface area contributed by atoms with Crippen molar-refractivity contribution in [3.05, 3.63) is 52.9 Å². The lowest BCUT2D eigenvalue weighted by molar-refractivity contribution is 0.0945. The minimum Gasteiger partial charge on any atom is -0.369 e. The molecule has 0 bridgehead atoms. The van der Waals surface area contributed by atoms with Crippen LogP contribution in [-0.4, -0.2) is 48.0 Å². The summed E-state index contributed by atoms with van der Waals surface area (Å²) in [4.78, 5) is 22.6. The second kappa shape index (κ2) is 9.20. The van der Waals surface area contributed by atoms with E-state index in [0.29, 0.717) is 23.1 Å². The van der Waals surface area contributed by atoms with Gasteiger partial charge in [0.15, 0.2) is 0 Å². The maximum absolute atomic E-state index is 12.1. The molecule has 1 aromatic heterocycles. The Bertz CT molecular complexity index is 643. The summed E-state index contributed by atoms with van der Waals surface area (Å²) in [7, 11) is 4.08. The monoisotopic (exact) mass is 347 g/mol. The predicted octanol–water partition coefficient (Wildman–Crippen LogP) is 2.42. The Morgan fingerprint density at radius 2 is 1.92 bits per heavy atom. The van der Waals surface area contributed by atoms with Gasteiger partial charge in [-0.3, -0.25) is 4.79 Å². The van der Waals surface area contributed by atoms with Crippen LogP contribution in [0.5, 0.6) is 0 Å². The van der Waals surface area contributed by atoms with Crippen LogP contribution in [0.15, 0.2) is 36.7 Å². The fourth-order valence-corrected chi connectivity index (χ4v) is 2.15. The van der Waals surface area contributed by atoms with Gasteiger partial charge in [-0.2, -0.15) is 0 Å². The molecule has 6 nitrogen and oxygen atoms in total. The van der Waals surface area contributed by atoms with E-state index in [1.807, 2.05) is 26.2 Å². The predicted molar refractivity (Wildman–Crippen MR) is 96.3 cm³/mol. The molecule has 0 aliphatic rings. The van der Waals surface area contributed by atoms with Crippen LogP contribution in [0.4, 0.5) is 5.82 Å². The van der Waals surface area contributed by atoms with Crippen molar-refractivity contribution in [2.75, 3.05) is 32.5 Å². The highest BCUT2D eigenvalue weighted by Crippen LogP contribution is 2.09. The first-order valence-corrected chi connectivity index (χ1v) is 8.15. The molecule has 0 aliphatic heterocycles. The summed E-state index contributed by atoms with van der Waals surface area (Å²) in [6.45, 7) is 2.24. The van der Waals surface area contributed by atoms with Crippen molar-refractivity contribution in [1.29, 1.82) is 0 Å². The molecule has 0 unspecified atom stereocenters. The maximum Gasteiger partial charge on any atom is 0.271 e. The number of benzene rings is 1. The van der Waals surface area contributed by atoms with Crippen molar-refractivity contribution < 1.29 is 4.79 Å². The second-order valence-corrected chi connectivity index (χ2v) is 6.12. The van der Waals surface area contributed by atoms with Gasteiger partial charge < -0.3 is 15.5 Å². The van der Waals surface area contributed by atoms with E-state index in [9.17, 15) is 4.79 Å². The van der Waals surface area contributed by atoms with E-state index < -0.39 is 0 Å². The fourth-order valence-electron chi connectivity index (χ4n) is 2.02. The van der Waals surface area contributed by atoms with E-state index in [2.05, 4.69) is 25.5 Å². The lowest BCUT2D eigenvalue weighted by Gasteiger charge is -2.10. The average Bonchev–Trinajstić information content (AvgIpc) is 2.58. The number of hydrogen-bond donors (Lipinski definition) is 2. The van der Waals surface area contributed by atoms with Crippen molar-refractivity contribution in [3.8, 4) is 0 Å². The lowest BCUT2D eigenvalue weighted by Crippen LogP contribution is -2.24. The molecule has 0 saturated heterocycles. The molecular weight excluding hydrogens is 326 g/mol. The number of carbonyl (C=O) groups is 1. The van der Waals surface area contributed by atoms with Crippen LogP contribution >= 0.6 is 11.6 Å². The van der Waals surface area contributed by atoms with Gasteiger partial charge in [-0.25, -0.2) is 9.97 Å². The standard InChI is InChI=1S/C17H22ClN5O/c1-23(2)9-3-8-19-16-12-20-15(11-21-16)17(24)22-10-13-4-6-14(18)7-5-13/h4-7,11-12H,3,8-10H2,1-2H3,(H,19,21)(H,22,24). The van der Waals surface area contributed by atoms with Crippen molar-refractivity contribution in [2.24, 2.45) is 0 Å². The molecule has 2 aromatic rings. The smallest absolute Gasteiger partial charge is 0.271 e. The van der Waals surface area contributed by atoms with Gasteiger partial charge in [0.05, 0.1) is 12.4 Å². The second-order valence-electron chi connectivity index (χ2n) is 5.68. The third-order valence-electron chi connectivity index (χ3n) is 3.34. The third-order valence-corrected chi connectivity index (χ3v) is 3.59. The number of nitrogens with zero attached hydrogens (tertiary/aromatic N) is 3. The zero-order chi connectivity index (χ0) is 17.4. The molecule has 0 radical (unpaired) electrons. The van der Waals surface area contributed by atoms with Crippen LogP contribution in [0, 0.1) is 0 Å². The zero-order valence-electron chi connectivity index (χ0n) is 13.9. The number of halogens is 1. The van der Waals surface area contributed by atoms with Gasteiger partial charge in [0.1, 0.15) is 11.5 Å². The molecule has 7 heteroatoms. The van der Waals surface area contributed by atoms with E-state index >= 15 is 0 Å². The van der Waals surface area contributed by atoms with Crippen LogP contribution in [0.2, 0.25) is 5.02 Å². The van der Waals surface area contributed by atoms with Crippen LogP contribution in [0.3, 0.4) is 0 Å². The summed E-state index contributed by atoms with van der Waals surface area (Å²) < 4.78 is 0. The SMILES string of the molecule is CN(C)CCCNc1cnc(C(=O)NCc2ccc(Cl)cc2)cn1. The van der Waals surface area contributed by atoms with Gasteiger partial charge in [0, 0.05) is 18.1 Å². The first kappa shape index (κ1) is 18.2. The van der Waals surface area contributed by atoms with Crippen LogP contribution in [-0.2, 0) is 6.54 Å². The first-order valence-electron chi connectivity index (χ1n) is 7.78. The van der Waals surface area contributed by atoms with Crippen molar-refractivity contribution in [2.45, 2.75) is 13.0 Å². The van der Waals surface area contributed by atoms with Gasteiger partial charge in [0.2, 0.25) is 0 Å². The average molecular weight is 348 g/mol. The number of carbonyl (C=O) groups excluding carboxylic acids is 1. The van der Waals surface area contributed by atoms with E-state index in [1.165, 1.54) is 6.20 Å². The van der Waals surface area contributed by atoms with Crippen LogP contribution in [0.1, 0.15) is 22.5 Å². The topological polar surface area (TPSA) is 70.2 Å². The largest absolute Gasteiger partial charge is 0.369 e. The summed E-state index contributed by atoms with van der Waals surface area (Å²) >= 11 is 5.83. The number of hydrogen-bond acceptors (Lipinski definition) is 5. The Morgan fingerprint density at radius 3 is 2.54 bits per heavy atom. The van der Waals surface area contributed by atoms with Gasteiger partial charge in [-0.05, 0) is 44.8 Å². The fraction of sp³-hybridized carbons (Fsp3) is 0.353. The number of rotatable bonds is 8. The normalized spacial score (nSPS) is 10.7. The highest BCUT2D eigenvalue weighted by Gasteiger charge is 2.07. The summed E-state index contributed by atoms with van der Waals surface area (Å²) in [6.07, 6.45) is 4.07. The summed E-state index contributed by atoms with van der Waals surface area (Å²) in [5.41, 5.74) is 1.27. The highest BCUT2D eigenvalue weighted by atomic mass is 35.5. The van der Waals surface area contributed by atoms with Gasteiger partial charge in [-0.15, -0.1) is 0 Å². The zero-order valence-corrected chi connectivity index (χ0v) is 14.7. The first-order chi connectivity index (χ1) is 11.5. The highest BCUT2D eigenvalue weighted by molar-refractivity contribution is 6.30. The number of anilines is 1. The molecule has 0 aliphatic carbocycles. The minimum atomic E-state index is -0.253. The third kappa shape index (κ3) is 6.14. The number of aromatic nitrogens is 2. The number of nitrogens with one attached hydrogen (secondary N) is 2. The summed E-state index contributed by atoms with van der Waals surface area (Å²) in [6, 6.07) is 7.32. The van der Waals surface area contributed by atoms with E-state index in [1.54, 1.807) is 18.3 Å². The summed E-state index contributed by atoms with van der Waals surface area (Å²) in [5, 5.41) is 6.66. The quantitative estimate of drug-likeness (QED) is 0.718. The Hall–Kier alpha value is -2.18. The molecule has 1 heterocycles. The molecule has 2 N–H and O–H groups in total. The van der Waals surface area contributed by atoms with Crippen LogP contribution in [0.25, 0.3) is 0 Å². The maximum atomic E-state index is 12.1. The lowest BCUT2D eigenvalue weighted by atomic mass is 10.2. The Labute approximate surface area is 147 Å². The van der Waals surface area contributed by atoms with Gasteiger partial charge >= 0.3 is 0 Å². The van der Waals surface area contributed by atoms with Gasteiger partial charge in [0.25, 0.3) is 5.91 Å². The minimum absolute atomic E-state index is 0.253. The Morgan fingerprint density at radius 1 is 1.17 bits per heavy atom. The molecule has 1 aromatic carbocycles. The van der Waals surface area contributed by atoms with E-state index in [-0.39, 0.29) is 5.91 Å². The molecule has 0 saturated carbocycles. The molecule has 128 valence electrons. The molecular formula is C17H22ClN5O. The van der Waals surface area contributed by atoms with E-state index in [0.717, 1.165) is 25.1 Å². The Balaban J connectivity index is 1.79. The molecule has 0 spiro atoms. The van der Waals surface area contributed by atoms with Crippen molar-refractivity contribution >= 4 is 23.3 Å². The Kier molecular flexibility index (Phi) is 6.96. The molecule has 0 atom stereocenters. The van der Waals surface area contributed by atoms with Crippen molar-refractivity contribution in [3.63, 3.8) is 0 Å². The molecule has 24 heavy (non-hydrogen) atoms. The summed E-state index contributed by atoms with van der Waals surface area (Å²) in [5.74, 6) is 0.416.